The lowest BCUT2D eigenvalue weighted by molar-refractivity contribution is 0.145. The molecular weight excluding hydrogens is 258 g/mol. The third-order valence-corrected chi connectivity index (χ3v) is 2.44. The van der Waals surface area contributed by atoms with E-state index in [2.05, 4.69) is 15.9 Å². The molecule has 0 aliphatic rings. The molecular formula is C8H5BrF2N2O. The third kappa shape index (κ3) is 2.17. The molecule has 6 heteroatoms. The molecule has 0 saturated carbocycles. The molecule has 14 heavy (non-hydrogen) atoms. The number of aromatic nitrogens is 1. The summed E-state index contributed by atoms with van der Waals surface area (Å²) in [7, 11) is 0. The maximum Gasteiger partial charge on any atom is 0.278 e. The van der Waals surface area contributed by atoms with Gasteiger partial charge in [-0.1, -0.05) is 0 Å². The summed E-state index contributed by atoms with van der Waals surface area (Å²) in [5.74, 6) is 0. The van der Waals surface area contributed by atoms with Crippen molar-refractivity contribution < 1.29 is 8.78 Å². The van der Waals surface area contributed by atoms with Gasteiger partial charge in [0.15, 0.2) is 0 Å². The van der Waals surface area contributed by atoms with Crippen molar-refractivity contribution in [1.29, 1.82) is 5.26 Å². The van der Waals surface area contributed by atoms with Gasteiger partial charge in [0.05, 0.1) is 22.7 Å². The number of H-pyrrole nitrogens is 1. The van der Waals surface area contributed by atoms with E-state index < -0.39 is 17.7 Å². The predicted octanol–water partition coefficient (Wildman–Crippen LogP) is 2.14. The average Bonchev–Trinajstić information content (AvgIpc) is 2.12. The Morgan fingerprint density at radius 1 is 1.64 bits per heavy atom. The predicted molar refractivity (Wildman–Crippen MR) is 49.0 cm³/mol. The standard InChI is InChI=1S/C8H5BrF2N2O/c9-6-4(1-2-12)3-5(7(10)11)13-8(6)14/h3,7H,1H2,(H,13,14). The van der Waals surface area contributed by atoms with E-state index in [1.54, 1.807) is 6.07 Å². The molecule has 1 aromatic rings. The summed E-state index contributed by atoms with van der Waals surface area (Å²) in [6, 6.07) is 2.90. The van der Waals surface area contributed by atoms with Crippen LogP contribution in [0.2, 0.25) is 0 Å². The first kappa shape index (κ1) is 10.9. The quantitative estimate of drug-likeness (QED) is 0.888. The molecule has 1 N–H and O–H groups in total. The molecule has 0 spiro atoms. The van der Waals surface area contributed by atoms with Crippen molar-refractivity contribution in [3.63, 3.8) is 0 Å². The Morgan fingerprint density at radius 3 is 2.79 bits per heavy atom. The largest absolute Gasteiger partial charge is 0.320 e. The zero-order valence-electron chi connectivity index (χ0n) is 6.85. The summed E-state index contributed by atoms with van der Waals surface area (Å²) < 4.78 is 24.6. The second-order valence-electron chi connectivity index (χ2n) is 2.53. The molecule has 0 bridgehead atoms. The number of nitriles is 1. The molecule has 0 aliphatic heterocycles. The highest BCUT2D eigenvalue weighted by atomic mass is 79.9. The Balaban J connectivity index is 3.30. The van der Waals surface area contributed by atoms with E-state index in [4.69, 9.17) is 5.26 Å². The van der Waals surface area contributed by atoms with E-state index in [1.807, 2.05) is 4.98 Å². The van der Waals surface area contributed by atoms with Crippen molar-refractivity contribution in [3.8, 4) is 6.07 Å². The zero-order valence-corrected chi connectivity index (χ0v) is 8.44. The fourth-order valence-corrected chi connectivity index (χ4v) is 1.30. The lowest BCUT2D eigenvalue weighted by Crippen LogP contribution is -2.12. The number of aromatic amines is 1. The van der Waals surface area contributed by atoms with Crippen LogP contribution in [0.15, 0.2) is 15.3 Å². The maximum absolute atomic E-state index is 12.2. The van der Waals surface area contributed by atoms with Gasteiger partial charge in [-0.05, 0) is 27.6 Å². The van der Waals surface area contributed by atoms with Crippen molar-refractivity contribution in [1.82, 2.24) is 4.98 Å². The fraction of sp³-hybridized carbons (Fsp3) is 0.250. The monoisotopic (exact) mass is 262 g/mol. The zero-order chi connectivity index (χ0) is 10.7. The van der Waals surface area contributed by atoms with Crippen molar-refractivity contribution in [3.05, 3.63) is 32.2 Å². The summed E-state index contributed by atoms with van der Waals surface area (Å²) in [4.78, 5) is 13.1. The fourth-order valence-electron chi connectivity index (χ4n) is 0.950. The molecule has 0 amide bonds. The molecule has 0 unspecified atom stereocenters. The minimum absolute atomic E-state index is 0.0791. The number of nitrogens with zero attached hydrogens (tertiary/aromatic N) is 1. The third-order valence-electron chi connectivity index (χ3n) is 1.57. The molecule has 1 rings (SSSR count). The molecule has 0 radical (unpaired) electrons. The van der Waals surface area contributed by atoms with Crippen LogP contribution in [0.1, 0.15) is 17.7 Å². The van der Waals surface area contributed by atoms with Crippen molar-refractivity contribution in [2.75, 3.05) is 0 Å². The molecule has 0 aromatic carbocycles. The van der Waals surface area contributed by atoms with Crippen LogP contribution in [0.4, 0.5) is 8.78 Å². The Morgan fingerprint density at radius 2 is 2.29 bits per heavy atom. The number of alkyl halides is 2. The first-order valence-electron chi connectivity index (χ1n) is 3.63. The molecule has 0 saturated heterocycles. The van der Waals surface area contributed by atoms with Gasteiger partial charge in [-0.25, -0.2) is 8.78 Å². The molecule has 0 atom stereocenters. The van der Waals surface area contributed by atoms with Gasteiger partial charge in [-0.3, -0.25) is 4.79 Å². The Bertz CT molecular complexity index is 436. The minimum atomic E-state index is -2.74. The van der Waals surface area contributed by atoms with Crippen molar-refractivity contribution in [2.45, 2.75) is 12.8 Å². The second kappa shape index (κ2) is 4.33. The van der Waals surface area contributed by atoms with Gasteiger partial charge in [0.25, 0.3) is 12.0 Å². The number of halogens is 3. The lowest BCUT2D eigenvalue weighted by Gasteiger charge is -2.03. The Kier molecular flexibility index (Phi) is 3.36. The molecule has 3 nitrogen and oxygen atoms in total. The first-order valence-corrected chi connectivity index (χ1v) is 4.42. The van der Waals surface area contributed by atoms with Gasteiger partial charge in [-0.2, -0.15) is 5.26 Å². The highest BCUT2D eigenvalue weighted by Crippen LogP contribution is 2.19. The average molecular weight is 263 g/mol. The highest BCUT2D eigenvalue weighted by Gasteiger charge is 2.12. The topological polar surface area (TPSA) is 56.6 Å². The Hall–Kier alpha value is -1.22. The van der Waals surface area contributed by atoms with Crippen LogP contribution in [-0.4, -0.2) is 4.98 Å². The number of nitrogens with one attached hydrogen (secondary N) is 1. The maximum atomic E-state index is 12.2. The molecule has 1 aromatic heterocycles. The number of rotatable bonds is 2. The van der Waals surface area contributed by atoms with Crippen LogP contribution in [0.5, 0.6) is 0 Å². The first-order chi connectivity index (χ1) is 6.56. The summed E-state index contributed by atoms with van der Waals surface area (Å²) in [5.41, 5.74) is -0.844. The molecule has 0 aliphatic carbocycles. The highest BCUT2D eigenvalue weighted by molar-refractivity contribution is 9.10. The summed E-state index contributed by atoms with van der Waals surface area (Å²) in [5, 5.41) is 8.39. The Labute approximate surface area is 86.5 Å². The van der Waals surface area contributed by atoms with Gasteiger partial charge >= 0.3 is 0 Å². The smallest absolute Gasteiger partial charge is 0.278 e. The van der Waals surface area contributed by atoms with Crippen LogP contribution in [0.3, 0.4) is 0 Å². The summed E-state index contributed by atoms with van der Waals surface area (Å²) >= 11 is 2.92. The van der Waals surface area contributed by atoms with Gasteiger partial charge in [0, 0.05) is 0 Å². The van der Waals surface area contributed by atoms with E-state index in [9.17, 15) is 13.6 Å². The van der Waals surface area contributed by atoms with Crippen LogP contribution in [0.25, 0.3) is 0 Å². The van der Waals surface area contributed by atoms with Crippen LogP contribution in [0, 0.1) is 11.3 Å². The van der Waals surface area contributed by atoms with Gasteiger partial charge in [0.2, 0.25) is 0 Å². The van der Waals surface area contributed by atoms with E-state index in [-0.39, 0.29) is 16.5 Å². The van der Waals surface area contributed by atoms with Crippen molar-refractivity contribution in [2.24, 2.45) is 0 Å². The van der Waals surface area contributed by atoms with Crippen LogP contribution in [-0.2, 0) is 6.42 Å². The van der Waals surface area contributed by atoms with Gasteiger partial charge in [0.1, 0.15) is 0 Å². The van der Waals surface area contributed by atoms with E-state index in [0.29, 0.717) is 0 Å². The van der Waals surface area contributed by atoms with Crippen LogP contribution >= 0.6 is 15.9 Å². The number of hydrogen-bond acceptors (Lipinski definition) is 2. The summed E-state index contributed by atoms with van der Waals surface area (Å²) in [6.07, 6.45) is -2.82. The van der Waals surface area contributed by atoms with E-state index in [1.165, 1.54) is 0 Å². The number of pyridine rings is 1. The normalized spacial score (nSPS) is 10.2. The van der Waals surface area contributed by atoms with Gasteiger partial charge < -0.3 is 4.98 Å². The molecule has 1 heterocycles. The minimum Gasteiger partial charge on any atom is -0.320 e. The lowest BCUT2D eigenvalue weighted by atomic mass is 10.2. The van der Waals surface area contributed by atoms with Crippen LogP contribution < -0.4 is 5.56 Å². The van der Waals surface area contributed by atoms with E-state index in [0.717, 1.165) is 6.07 Å². The second-order valence-corrected chi connectivity index (χ2v) is 3.32. The van der Waals surface area contributed by atoms with E-state index >= 15 is 0 Å². The van der Waals surface area contributed by atoms with Crippen molar-refractivity contribution >= 4 is 15.9 Å². The van der Waals surface area contributed by atoms with Gasteiger partial charge in [-0.15, -0.1) is 0 Å². The number of hydrogen-bond donors (Lipinski definition) is 1. The SMILES string of the molecule is N#CCc1cc(C(F)F)[nH]c(=O)c1Br. The molecule has 0 fully saturated rings. The molecule has 74 valence electrons. The summed E-state index contributed by atoms with van der Waals surface area (Å²) in [6.45, 7) is 0.